The summed E-state index contributed by atoms with van der Waals surface area (Å²) in [6, 6.07) is 1.37. The Kier molecular flexibility index (Phi) is 5.26. The van der Waals surface area contributed by atoms with Crippen LogP contribution in [0.2, 0.25) is 0 Å². The molecule has 0 aliphatic carbocycles. The molecular weight excluding hydrogens is 238 g/mol. The van der Waals surface area contributed by atoms with Crippen LogP contribution < -0.4 is 11.2 Å². The first-order valence-electron chi connectivity index (χ1n) is 5.72. The summed E-state index contributed by atoms with van der Waals surface area (Å²) in [5, 5.41) is 17.9. The average Bonchev–Trinajstić information content (AvgIpc) is 2.27. The van der Waals surface area contributed by atoms with E-state index in [9.17, 15) is 14.7 Å². The summed E-state index contributed by atoms with van der Waals surface area (Å²) in [7, 11) is 1.74. The number of nitrogens with one attached hydrogen (secondary N) is 1. The normalized spacial score (nSPS) is 12.9. The van der Waals surface area contributed by atoms with Crippen LogP contribution in [0.1, 0.15) is 5.69 Å². The maximum atomic E-state index is 11.6. The van der Waals surface area contributed by atoms with Gasteiger partial charge in [0.15, 0.2) is 0 Å². The van der Waals surface area contributed by atoms with Crippen LogP contribution in [0.15, 0.2) is 15.7 Å². The lowest BCUT2D eigenvalue weighted by atomic mass is 10.3. The molecule has 0 radical (unpaired) electrons. The second kappa shape index (κ2) is 6.48. The van der Waals surface area contributed by atoms with Crippen molar-refractivity contribution >= 4 is 0 Å². The second-order valence-electron chi connectivity index (χ2n) is 4.35. The van der Waals surface area contributed by atoms with Crippen molar-refractivity contribution in [3.63, 3.8) is 0 Å². The molecule has 0 saturated carbocycles. The topological polar surface area (TPSA) is 98.6 Å². The Bertz CT molecular complexity index is 463. The third-order valence-corrected chi connectivity index (χ3v) is 2.59. The third-order valence-electron chi connectivity index (χ3n) is 2.59. The van der Waals surface area contributed by atoms with Gasteiger partial charge >= 0.3 is 5.69 Å². The van der Waals surface area contributed by atoms with Gasteiger partial charge in [-0.05, 0) is 14.0 Å². The fourth-order valence-electron chi connectivity index (χ4n) is 1.63. The first kappa shape index (κ1) is 14.6. The minimum atomic E-state index is -0.817. The zero-order valence-corrected chi connectivity index (χ0v) is 10.6. The molecule has 0 aliphatic heterocycles. The number of aliphatic hydroxyl groups is 2. The van der Waals surface area contributed by atoms with Gasteiger partial charge in [-0.3, -0.25) is 9.36 Å². The number of rotatable bonds is 6. The molecule has 18 heavy (non-hydrogen) atoms. The van der Waals surface area contributed by atoms with E-state index in [0.29, 0.717) is 12.2 Å². The zero-order chi connectivity index (χ0) is 13.7. The van der Waals surface area contributed by atoms with Crippen LogP contribution in [-0.4, -0.2) is 57.5 Å². The van der Waals surface area contributed by atoms with E-state index in [0.717, 1.165) is 4.57 Å². The van der Waals surface area contributed by atoms with Crippen molar-refractivity contribution in [3.05, 3.63) is 32.6 Å². The minimum Gasteiger partial charge on any atom is -0.394 e. The number of hydrogen-bond donors (Lipinski definition) is 3. The Balaban J connectivity index is 2.64. The lowest BCUT2D eigenvalue weighted by Crippen LogP contribution is -2.40. The maximum Gasteiger partial charge on any atom is 0.328 e. The highest BCUT2D eigenvalue weighted by Gasteiger charge is 2.08. The molecule has 3 N–H and O–H groups in total. The van der Waals surface area contributed by atoms with Crippen molar-refractivity contribution in [2.75, 3.05) is 26.7 Å². The van der Waals surface area contributed by atoms with Crippen molar-refractivity contribution in [3.8, 4) is 0 Å². The number of likely N-dealkylation sites (N-methyl/N-ethyl adjacent to an activating group) is 1. The molecule has 0 bridgehead atoms. The first-order chi connectivity index (χ1) is 8.43. The zero-order valence-electron chi connectivity index (χ0n) is 10.6. The van der Waals surface area contributed by atoms with Gasteiger partial charge < -0.3 is 20.1 Å². The summed E-state index contributed by atoms with van der Waals surface area (Å²) in [5.74, 6) is 0. The number of nitrogens with zero attached hydrogens (tertiary/aromatic N) is 2. The predicted octanol–water partition coefficient (Wildman–Crippen LogP) is -1.87. The highest BCUT2D eigenvalue weighted by Crippen LogP contribution is 1.89. The molecule has 0 amide bonds. The van der Waals surface area contributed by atoms with Crippen LogP contribution in [-0.2, 0) is 6.54 Å². The SMILES string of the molecule is Cc1cc(=O)n(CCN(C)C[C@H](O)CO)c(=O)[nH]1. The smallest absolute Gasteiger partial charge is 0.328 e. The molecule has 1 heterocycles. The Morgan fingerprint density at radius 1 is 1.50 bits per heavy atom. The van der Waals surface area contributed by atoms with Gasteiger partial charge in [0, 0.05) is 31.4 Å². The Morgan fingerprint density at radius 2 is 2.17 bits per heavy atom. The quantitative estimate of drug-likeness (QED) is 0.554. The first-order valence-corrected chi connectivity index (χ1v) is 5.72. The molecular formula is C11H19N3O4. The number of aliphatic hydroxyl groups excluding tert-OH is 2. The van der Waals surface area contributed by atoms with Gasteiger partial charge in [0.25, 0.3) is 5.56 Å². The predicted molar refractivity (Wildman–Crippen MR) is 66.6 cm³/mol. The summed E-state index contributed by atoms with van der Waals surface area (Å²) < 4.78 is 1.11. The largest absolute Gasteiger partial charge is 0.394 e. The van der Waals surface area contributed by atoms with Crippen LogP contribution in [0.4, 0.5) is 0 Å². The fourth-order valence-corrected chi connectivity index (χ4v) is 1.63. The molecule has 1 aromatic heterocycles. The van der Waals surface area contributed by atoms with Gasteiger partial charge in [0.1, 0.15) is 0 Å². The second-order valence-corrected chi connectivity index (χ2v) is 4.35. The lowest BCUT2D eigenvalue weighted by Gasteiger charge is -2.19. The standard InChI is InChI=1S/C11H19N3O4/c1-8-5-10(17)14(11(18)12-8)4-3-13(2)6-9(16)7-15/h5,9,15-16H,3-4,6-7H2,1-2H3,(H,12,18)/t9-/m0/s1. The Morgan fingerprint density at radius 3 is 2.72 bits per heavy atom. The van der Waals surface area contributed by atoms with Gasteiger partial charge in [0.2, 0.25) is 0 Å². The highest BCUT2D eigenvalue weighted by atomic mass is 16.3. The fraction of sp³-hybridized carbons (Fsp3) is 0.636. The average molecular weight is 257 g/mol. The van der Waals surface area contributed by atoms with Crippen molar-refractivity contribution in [1.82, 2.24) is 14.5 Å². The molecule has 0 fully saturated rings. The molecule has 0 aliphatic rings. The minimum absolute atomic E-state index is 0.239. The summed E-state index contributed by atoms with van der Waals surface area (Å²) in [4.78, 5) is 27.4. The summed E-state index contributed by atoms with van der Waals surface area (Å²) in [6.07, 6.45) is -0.817. The lowest BCUT2D eigenvalue weighted by molar-refractivity contribution is 0.0656. The van der Waals surface area contributed by atoms with E-state index < -0.39 is 11.8 Å². The molecule has 1 rings (SSSR count). The van der Waals surface area contributed by atoms with Crippen molar-refractivity contribution in [2.24, 2.45) is 0 Å². The molecule has 7 nitrogen and oxygen atoms in total. The third kappa shape index (κ3) is 4.10. The van der Waals surface area contributed by atoms with Gasteiger partial charge in [-0.25, -0.2) is 4.79 Å². The Labute approximate surface area is 104 Å². The van der Waals surface area contributed by atoms with Crippen molar-refractivity contribution in [1.29, 1.82) is 0 Å². The Hall–Kier alpha value is -1.44. The molecule has 102 valence electrons. The monoisotopic (exact) mass is 257 g/mol. The molecule has 0 saturated heterocycles. The molecule has 1 atom stereocenters. The molecule has 0 unspecified atom stereocenters. The van der Waals surface area contributed by atoms with Gasteiger partial charge in [0.05, 0.1) is 12.7 Å². The van der Waals surface area contributed by atoms with Gasteiger partial charge in [-0.1, -0.05) is 0 Å². The van der Waals surface area contributed by atoms with E-state index in [1.165, 1.54) is 6.07 Å². The van der Waals surface area contributed by atoms with E-state index in [1.54, 1.807) is 18.9 Å². The van der Waals surface area contributed by atoms with Gasteiger partial charge in [-0.2, -0.15) is 0 Å². The summed E-state index contributed by atoms with van der Waals surface area (Å²) in [6.45, 7) is 2.30. The number of aromatic nitrogens is 2. The molecule has 0 aromatic carbocycles. The van der Waals surface area contributed by atoms with Crippen LogP contribution >= 0.6 is 0 Å². The molecule has 7 heteroatoms. The van der Waals surface area contributed by atoms with E-state index >= 15 is 0 Å². The van der Waals surface area contributed by atoms with Crippen LogP contribution in [0.25, 0.3) is 0 Å². The molecule has 0 spiro atoms. The van der Waals surface area contributed by atoms with E-state index in [4.69, 9.17) is 5.11 Å². The number of aryl methyl sites for hydroxylation is 1. The number of hydrogen-bond acceptors (Lipinski definition) is 5. The van der Waals surface area contributed by atoms with Crippen molar-refractivity contribution in [2.45, 2.75) is 19.6 Å². The van der Waals surface area contributed by atoms with Crippen LogP contribution in [0, 0.1) is 6.92 Å². The van der Waals surface area contributed by atoms with Gasteiger partial charge in [-0.15, -0.1) is 0 Å². The van der Waals surface area contributed by atoms with E-state index in [-0.39, 0.29) is 25.3 Å². The molecule has 1 aromatic rings. The highest BCUT2D eigenvalue weighted by molar-refractivity contribution is 4.96. The van der Waals surface area contributed by atoms with Crippen LogP contribution in [0.3, 0.4) is 0 Å². The summed E-state index contributed by atoms with van der Waals surface area (Å²) >= 11 is 0. The van der Waals surface area contributed by atoms with E-state index in [1.807, 2.05) is 0 Å². The number of H-pyrrole nitrogens is 1. The maximum absolute atomic E-state index is 11.6. The van der Waals surface area contributed by atoms with Crippen LogP contribution in [0.5, 0.6) is 0 Å². The number of aromatic amines is 1. The van der Waals surface area contributed by atoms with E-state index in [2.05, 4.69) is 4.98 Å². The van der Waals surface area contributed by atoms with Crippen molar-refractivity contribution < 1.29 is 10.2 Å². The summed E-state index contributed by atoms with van der Waals surface area (Å²) in [5.41, 5.74) is -0.242.